The number of rotatable bonds is 4. The zero-order chi connectivity index (χ0) is 12.3. The van der Waals surface area contributed by atoms with Gasteiger partial charge < -0.3 is 5.73 Å². The summed E-state index contributed by atoms with van der Waals surface area (Å²) in [4.78, 5) is 0. The van der Waals surface area contributed by atoms with Crippen LogP contribution in [0.25, 0.3) is 5.69 Å². The number of hydrogen-bond donors (Lipinski definition) is 1. The van der Waals surface area contributed by atoms with E-state index in [2.05, 4.69) is 12.0 Å². The topological polar surface area (TPSA) is 43.8 Å². The minimum absolute atomic E-state index is 0. The van der Waals surface area contributed by atoms with Gasteiger partial charge in [0, 0.05) is 12.2 Å². The van der Waals surface area contributed by atoms with Crippen molar-refractivity contribution in [3.8, 4) is 5.69 Å². The fourth-order valence-electron chi connectivity index (χ4n) is 1.65. The summed E-state index contributed by atoms with van der Waals surface area (Å²) in [5.74, 6) is -0.242. The Labute approximate surface area is 112 Å². The Hall–Kier alpha value is -1.39. The lowest BCUT2D eigenvalue weighted by Gasteiger charge is -2.05. The molecule has 0 bridgehead atoms. The van der Waals surface area contributed by atoms with E-state index in [0.717, 1.165) is 24.1 Å². The van der Waals surface area contributed by atoms with Crippen LogP contribution >= 0.6 is 12.4 Å². The van der Waals surface area contributed by atoms with Crippen molar-refractivity contribution in [1.29, 1.82) is 0 Å². The number of hydrogen-bond acceptors (Lipinski definition) is 2. The van der Waals surface area contributed by atoms with Gasteiger partial charge in [-0.05, 0) is 42.7 Å². The Morgan fingerprint density at radius 1 is 1.33 bits per heavy atom. The molecule has 1 aromatic heterocycles. The summed E-state index contributed by atoms with van der Waals surface area (Å²) in [5.41, 5.74) is 7.84. The largest absolute Gasteiger partial charge is 0.327 e. The molecule has 0 saturated heterocycles. The third-order valence-corrected chi connectivity index (χ3v) is 2.75. The van der Waals surface area contributed by atoms with Gasteiger partial charge in [-0.3, -0.25) is 0 Å². The minimum atomic E-state index is -0.242. The number of halogens is 2. The molecule has 5 heteroatoms. The first-order valence-corrected chi connectivity index (χ1v) is 5.74. The molecule has 0 aliphatic heterocycles. The van der Waals surface area contributed by atoms with E-state index in [9.17, 15) is 4.39 Å². The van der Waals surface area contributed by atoms with Crippen molar-refractivity contribution in [3.63, 3.8) is 0 Å². The van der Waals surface area contributed by atoms with Crippen LogP contribution in [-0.4, -0.2) is 15.8 Å². The molecule has 18 heavy (non-hydrogen) atoms. The second kappa shape index (κ2) is 6.52. The summed E-state index contributed by atoms with van der Waals surface area (Å²) >= 11 is 0. The lowest BCUT2D eigenvalue weighted by molar-refractivity contribution is 0.627. The molecule has 98 valence electrons. The summed E-state index contributed by atoms with van der Waals surface area (Å²) in [6, 6.07) is 6.42. The molecule has 1 aromatic carbocycles. The van der Waals surface area contributed by atoms with Crippen LogP contribution in [0.15, 0.2) is 36.7 Å². The van der Waals surface area contributed by atoms with Crippen molar-refractivity contribution in [1.82, 2.24) is 9.78 Å². The van der Waals surface area contributed by atoms with Crippen LogP contribution in [0.1, 0.15) is 18.9 Å². The monoisotopic (exact) mass is 269 g/mol. The third-order valence-electron chi connectivity index (χ3n) is 2.75. The van der Waals surface area contributed by atoms with Gasteiger partial charge in [0.05, 0.1) is 11.9 Å². The predicted molar refractivity (Wildman–Crippen MR) is 72.7 cm³/mol. The molecule has 0 aliphatic carbocycles. The van der Waals surface area contributed by atoms with Gasteiger partial charge in [-0.1, -0.05) is 6.92 Å². The molecule has 0 amide bonds. The molecule has 1 heterocycles. The molecular formula is C13H17ClFN3. The molecule has 0 fully saturated rings. The van der Waals surface area contributed by atoms with Gasteiger partial charge in [0.2, 0.25) is 0 Å². The SMILES string of the molecule is CCC(N)Cc1cnn(-c2ccc(F)cc2)c1.Cl. The Balaban J connectivity index is 0.00000162. The molecule has 1 unspecified atom stereocenters. The van der Waals surface area contributed by atoms with E-state index >= 15 is 0 Å². The molecule has 2 N–H and O–H groups in total. The molecule has 2 aromatic rings. The number of nitrogens with zero attached hydrogens (tertiary/aromatic N) is 2. The van der Waals surface area contributed by atoms with Crippen LogP contribution in [0.2, 0.25) is 0 Å². The fraction of sp³-hybridized carbons (Fsp3) is 0.308. The second-order valence-corrected chi connectivity index (χ2v) is 4.14. The summed E-state index contributed by atoms with van der Waals surface area (Å²) in [6.45, 7) is 2.06. The highest BCUT2D eigenvalue weighted by Crippen LogP contribution is 2.10. The van der Waals surface area contributed by atoms with E-state index in [4.69, 9.17) is 5.73 Å². The maximum atomic E-state index is 12.8. The number of aromatic nitrogens is 2. The average molecular weight is 270 g/mol. The summed E-state index contributed by atoms with van der Waals surface area (Å²) in [6.07, 6.45) is 5.50. The highest BCUT2D eigenvalue weighted by Gasteiger charge is 2.05. The Morgan fingerprint density at radius 3 is 2.61 bits per heavy atom. The highest BCUT2D eigenvalue weighted by molar-refractivity contribution is 5.85. The number of benzene rings is 1. The molecule has 0 saturated carbocycles. The van der Waals surface area contributed by atoms with E-state index < -0.39 is 0 Å². The van der Waals surface area contributed by atoms with E-state index in [1.165, 1.54) is 12.1 Å². The van der Waals surface area contributed by atoms with Crippen molar-refractivity contribution < 1.29 is 4.39 Å². The second-order valence-electron chi connectivity index (χ2n) is 4.14. The molecular weight excluding hydrogens is 253 g/mol. The third kappa shape index (κ3) is 3.55. The van der Waals surface area contributed by atoms with Crippen LogP contribution in [0, 0.1) is 5.82 Å². The minimum Gasteiger partial charge on any atom is -0.327 e. The van der Waals surface area contributed by atoms with Gasteiger partial charge >= 0.3 is 0 Å². The molecule has 1 atom stereocenters. The van der Waals surface area contributed by atoms with Crippen molar-refractivity contribution in [2.45, 2.75) is 25.8 Å². The normalized spacial score (nSPS) is 11.9. The van der Waals surface area contributed by atoms with Gasteiger partial charge in [0.1, 0.15) is 5.82 Å². The van der Waals surface area contributed by atoms with Crippen LogP contribution in [-0.2, 0) is 6.42 Å². The standard InChI is InChI=1S/C13H16FN3.ClH/c1-2-12(15)7-10-8-16-17(9-10)13-5-3-11(14)4-6-13;/h3-6,8-9,12H,2,7,15H2,1H3;1H. The van der Waals surface area contributed by atoms with Crippen molar-refractivity contribution in [3.05, 3.63) is 48.0 Å². The summed E-state index contributed by atoms with van der Waals surface area (Å²) in [5, 5.41) is 4.24. The fourth-order valence-corrected chi connectivity index (χ4v) is 1.65. The van der Waals surface area contributed by atoms with Crippen molar-refractivity contribution in [2.24, 2.45) is 5.73 Å². The van der Waals surface area contributed by atoms with E-state index in [1.807, 2.05) is 6.20 Å². The highest BCUT2D eigenvalue weighted by atomic mass is 35.5. The first-order chi connectivity index (χ1) is 8.19. The quantitative estimate of drug-likeness (QED) is 0.927. The van der Waals surface area contributed by atoms with Crippen LogP contribution in [0.4, 0.5) is 4.39 Å². The van der Waals surface area contributed by atoms with Crippen molar-refractivity contribution in [2.75, 3.05) is 0 Å². The van der Waals surface area contributed by atoms with Gasteiger partial charge in [-0.2, -0.15) is 5.10 Å². The Morgan fingerprint density at radius 2 is 2.00 bits per heavy atom. The van der Waals surface area contributed by atoms with E-state index in [0.29, 0.717) is 0 Å². The molecule has 2 rings (SSSR count). The van der Waals surface area contributed by atoms with Gasteiger partial charge in [0.25, 0.3) is 0 Å². The van der Waals surface area contributed by atoms with Crippen LogP contribution in [0.5, 0.6) is 0 Å². The van der Waals surface area contributed by atoms with Gasteiger partial charge in [0.15, 0.2) is 0 Å². The smallest absolute Gasteiger partial charge is 0.123 e. The van der Waals surface area contributed by atoms with Gasteiger partial charge in [-0.15, -0.1) is 12.4 Å². The zero-order valence-electron chi connectivity index (χ0n) is 10.2. The summed E-state index contributed by atoms with van der Waals surface area (Å²) in [7, 11) is 0. The predicted octanol–water partition coefficient (Wildman–Crippen LogP) is 2.71. The number of nitrogens with two attached hydrogens (primary N) is 1. The molecule has 0 spiro atoms. The molecule has 3 nitrogen and oxygen atoms in total. The first-order valence-electron chi connectivity index (χ1n) is 5.74. The Bertz CT molecular complexity index is 481. The maximum Gasteiger partial charge on any atom is 0.123 e. The first kappa shape index (κ1) is 14.7. The van der Waals surface area contributed by atoms with Crippen LogP contribution < -0.4 is 5.73 Å². The molecule has 0 radical (unpaired) electrons. The average Bonchev–Trinajstić information content (AvgIpc) is 2.78. The van der Waals surface area contributed by atoms with Crippen LogP contribution in [0.3, 0.4) is 0 Å². The lowest BCUT2D eigenvalue weighted by Crippen LogP contribution is -2.20. The van der Waals surface area contributed by atoms with E-state index in [-0.39, 0.29) is 24.3 Å². The zero-order valence-corrected chi connectivity index (χ0v) is 11.0. The lowest BCUT2D eigenvalue weighted by atomic mass is 10.1. The summed E-state index contributed by atoms with van der Waals surface area (Å²) < 4.78 is 14.5. The van der Waals surface area contributed by atoms with E-state index in [1.54, 1.807) is 23.0 Å². The molecule has 0 aliphatic rings. The maximum absolute atomic E-state index is 12.8. The Kier molecular flexibility index (Phi) is 5.31. The van der Waals surface area contributed by atoms with Gasteiger partial charge in [-0.25, -0.2) is 9.07 Å². The van der Waals surface area contributed by atoms with Crippen molar-refractivity contribution >= 4 is 12.4 Å².